The summed E-state index contributed by atoms with van der Waals surface area (Å²) in [4.78, 5) is 39.6. The van der Waals surface area contributed by atoms with Gasteiger partial charge in [-0.25, -0.2) is 0 Å². The van der Waals surface area contributed by atoms with Gasteiger partial charge in [-0.05, 0) is 36.8 Å². The van der Waals surface area contributed by atoms with E-state index in [9.17, 15) is 14.4 Å². The molecule has 0 saturated carbocycles. The number of benzene rings is 3. The lowest BCUT2D eigenvalue weighted by molar-refractivity contribution is -0.116. The molecule has 0 fully saturated rings. The molecule has 2 heterocycles. The first-order chi connectivity index (χ1) is 16.9. The SMILES string of the molecule is COc1ccc(NC(=O)Cn2cc(C(=O)c3ccccc3)c(=O)c3cc4c(cc32)OCO4)c(C)c1. The molecule has 1 N–H and O–H groups in total. The zero-order valence-electron chi connectivity index (χ0n) is 19.2. The summed E-state index contributed by atoms with van der Waals surface area (Å²) in [5, 5.41) is 3.16. The summed E-state index contributed by atoms with van der Waals surface area (Å²) < 4.78 is 17.7. The first-order valence-electron chi connectivity index (χ1n) is 11.0. The second-order valence-electron chi connectivity index (χ2n) is 8.15. The summed E-state index contributed by atoms with van der Waals surface area (Å²) >= 11 is 0. The lowest BCUT2D eigenvalue weighted by Gasteiger charge is -2.15. The molecule has 35 heavy (non-hydrogen) atoms. The predicted molar refractivity (Wildman–Crippen MR) is 131 cm³/mol. The highest BCUT2D eigenvalue weighted by Gasteiger charge is 2.22. The van der Waals surface area contributed by atoms with Crippen molar-refractivity contribution in [2.45, 2.75) is 13.5 Å². The lowest BCUT2D eigenvalue weighted by atomic mass is 10.0. The Labute approximate surface area is 200 Å². The number of pyridine rings is 1. The van der Waals surface area contributed by atoms with Gasteiger partial charge in [0, 0.05) is 23.5 Å². The van der Waals surface area contributed by atoms with Gasteiger partial charge in [-0.1, -0.05) is 30.3 Å². The van der Waals surface area contributed by atoms with Crippen molar-refractivity contribution in [2.24, 2.45) is 0 Å². The molecule has 3 aromatic carbocycles. The van der Waals surface area contributed by atoms with E-state index in [0.29, 0.717) is 34.0 Å². The molecule has 0 radical (unpaired) electrons. The second-order valence-corrected chi connectivity index (χ2v) is 8.15. The second kappa shape index (κ2) is 8.98. The van der Waals surface area contributed by atoms with Crippen molar-refractivity contribution in [3.05, 3.63) is 93.8 Å². The summed E-state index contributed by atoms with van der Waals surface area (Å²) in [6, 6.07) is 17.1. The van der Waals surface area contributed by atoms with Gasteiger partial charge in [0.2, 0.25) is 18.1 Å². The predicted octanol–water partition coefficient (Wildman–Crippen LogP) is 3.92. The number of nitrogens with zero attached hydrogens (tertiary/aromatic N) is 1. The number of ether oxygens (including phenoxy) is 3. The van der Waals surface area contributed by atoms with E-state index < -0.39 is 11.2 Å². The lowest BCUT2D eigenvalue weighted by Crippen LogP contribution is -2.24. The van der Waals surface area contributed by atoms with Crippen LogP contribution < -0.4 is 25.0 Å². The topological polar surface area (TPSA) is 95.9 Å². The van der Waals surface area contributed by atoms with Crippen molar-refractivity contribution in [3.63, 3.8) is 0 Å². The van der Waals surface area contributed by atoms with Crippen molar-refractivity contribution in [3.8, 4) is 17.2 Å². The van der Waals surface area contributed by atoms with Crippen molar-refractivity contribution < 1.29 is 23.8 Å². The quantitative estimate of drug-likeness (QED) is 0.429. The van der Waals surface area contributed by atoms with E-state index >= 15 is 0 Å². The maximum atomic E-state index is 13.3. The highest BCUT2D eigenvalue weighted by Crippen LogP contribution is 2.35. The number of methoxy groups -OCH3 is 1. The Morgan fingerprint density at radius 2 is 1.77 bits per heavy atom. The third-order valence-electron chi connectivity index (χ3n) is 5.88. The van der Waals surface area contributed by atoms with Crippen LogP contribution in [0.15, 0.2) is 71.7 Å². The van der Waals surface area contributed by atoms with Gasteiger partial charge < -0.3 is 24.1 Å². The minimum atomic E-state index is -0.435. The molecule has 8 heteroatoms. The minimum Gasteiger partial charge on any atom is -0.497 e. The van der Waals surface area contributed by atoms with Crippen molar-refractivity contribution in [1.29, 1.82) is 0 Å². The van der Waals surface area contributed by atoms with E-state index in [1.165, 1.54) is 6.20 Å². The summed E-state index contributed by atoms with van der Waals surface area (Å²) in [5.41, 5.74) is 1.86. The third kappa shape index (κ3) is 4.21. The number of fused-ring (bicyclic) bond motifs is 2. The van der Waals surface area contributed by atoms with Gasteiger partial charge in [-0.3, -0.25) is 14.4 Å². The van der Waals surface area contributed by atoms with Gasteiger partial charge in [0.05, 0.1) is 23.6 Å². The first kappa shape index (κ1) is 22.2. The molecule has 1 amide bonds. The van der Waals surface area contributed by atoms with Crippen LogP contribution in [-0.4, -0.2) is 30.2 Å². The average molecular weight is 470 g/mol. The largest absolute Gasteiger partial charge is 0.497 e. The molecule has 8 nitrogen and oxygen atoms in total. The fraction of sp³-hybridized carbons (Fsp3) is 0.148. The number of carbonyl (C=O) groups is 2. The number of aromatic nitrogens is 1. The maximum absolute atomic E-state index is 13.3. The van der Waals surface area contributed by atoms with Gasteiger partial charge >= 0.3 is 0 Å². The molecule has 0 atom stereocenters. The molecule has 1 aromatic heterocycles. The molecule has 0 spiro atoms. The monoisotopic (exact) mass is 470 g/mol. The Morgan fingerprint density at radius 1 is 1.03 bits per heavy atom. The van der Waals surface area contributed by atoms with Crippen molar-refractivity contribution in [1.82, 2.24) is 4.57 Å². The van der Waals surface area contributed by atoms with Crippen LogP contribution in [0.1, 0.15) is 21.5 Å². The summed E-state index contributed by atoms with van der Waals surface area (Å²) in [5.74, 6) is 0.837. The van der Waals surface area contributed by atoms with Gasteiger partial charge in [-0.15, -0.1) is 0 Å². The van der Waals surface area contributed by atoms with Crippen LogP contribution in [0.25, 0.3) is 10.9 Å². The molecule has 4 aromatic rings. The molecule has 0 bridgehead atoms. The van der Waals surface area contributed by atoms with Crippen molar-refractivity contribution in [2.75, 3.05) is 19.2 Å². The van der Waals surface area contributed by atoms with E-state index in [4.69, 9.17) is 14.2 Å². The minimum absolute atomic E-state index is 0.0315. The van der Waals surface area contributed by atoms with E-state index in [1.807, 2.05) is 13.0 Å². The zero-order valence-corrected chi connectivity index (χ0v) is 19.2. The fourth-order valence-corrected chi connectivity index (χ4v) is 4.07. The molecule has 0 saturated heterocycles. The van der Waals surface area contributed by atoms with Crippen LogP contribution in [-0.2, 0) is 11.3 Å². The Balaban J connectivity index is 1.57. The number of hydrogen-bond acceptors (Lipinski definition) is 6. The number of rotatable bonds is 6. The van der Waals surface area contributed by atoms with Crippen LogP contribution in [0.4, 0.5) is 5.69 Å². The van der Waals surface area contributed by atoms with Gasteiger partial charge in [0.1, 0.15) is 12.3 Å². The molecular formula is C27H22N2O6. The molecule has 5 rings (SSSR count). The molecule has 1 aliphatic heterocycles. The summed E-state index contributed by atoms with van der Waals surface area (Å²) in [6.45, 7) is 1.77. The number of aryl methyl sites for hydroxylation is 1. The van der Waals surface area contributed by atoms with Crippen LogP contribution in [0.5, 0.6) is 17.2 Å². The van der Waals surface area contributed by atoms with Crippen LogP contribution >= 0.6 is 0 Å². The smallest absolute Gasteiger partial charge is 0.244 e. The number of carbonyl (C=O) groups excluding carboxylic acids is 2. The molecule has 0 aliphatic carbocycles. The van der Waals surface area contributed by atoms with Gasteiger partial charge in [-0.2, -0.15) is 0 Å². The number of hydrogen-bond donors (Lipinski definition) is 1. The van der Waals surface area contributed by atoms with Gasteiger partial charge in [0.25, 0.3) is 0 Å². The molecule has 0 unspecified atom stereocenters. The number of amides is 1. The summed E-state index contributed by atoms with van der Waals surface area (Å²) in [6.07, 6.45) is 1.43. The number of nitrogens with one attached hydrogen (secondary N) is 1. The van der Waals surface area contributed by atoms with E-state index in [2.05, 4.69) is 5.32 Å². The van der Waals surface area contributed by atoms with Crippen LogP contribution in [0.3, 0.4) is 0 Å². The molecule has 1 aliphatic rings. The highest BCUT2D eigenvalue weighted by atomic mass is 16.7. The third-order valence-corrected chi connectivity index (χ3v) is 5.88. The zero-order chi connectivity index (χ0) is 24.5. The fourth-order valence-electron chi connectivity index (χ4n) is 4.07. The maximum Gasteiger partial charge on any atom is 0.244 e. The standard InChI is InChI=1S/C27H22N2O6/c1-16-10-18(33-2)8-9-21(16)28-25(30)14-29-13-20(26(31)17-6-4-3-5-7-17)27(32)19-11-23-24(12-22(19)29)35-15-34-23/h3-13H,14-15H2,1-2H3,(H,28,30). The van der Waals surface area contributed by atoms with Gasteiger partial charge in [0.15, 0.2) is 17.3 Å². The van der Waals surface area contributed by atoms with Crippen molar-refractivity contribution >= 4 is 28.3 Å². The highest BCUT2D eigenvalue weighted by molar-refractivity contribution is 6.10. The first-order valence-corrected chi connectivity index (χ1v) is 11.0. The molecule has 176 valence electrons. The van der Waals surface area contributed by atoms with Crippen LogP contribution in [0, 0.1) is 6.92 Å². The number of ketones is 1. The Kier molecular flexibility index (Phi) is 5.70. The Hall–Kier alpha value is -4.59. The Bertz CT molecular complexity index is 1520. The molecular weight excluding hydrogens is 448 g/mol. The average Bonchev–Trinajstić information content (AvgIpc) is 3.34. The normalized spacial score (nSPS) is 11.9. The van der Waals surface area contributed by atoms with E-state index in [-0.39, 0.29) is 30.2 Å². The summed E-state index contributed by atoms with van der Waals surface area (Å²) in [7, 11) is 1.58. The van der Waals surface area contributed by atoms with Crippen LogP contribution in [0.2, 0.25) is 0 Å². The van der Waals surface area contributed by atoms with E-state index in [1.54, 1.807) is 66.3 Å². The Morgan fingerprint density at radius 3 is 2.49 bits per heavy atom. The van der Waals surface area contributed by atoms with E-state index in [0.717, 1.165) is 5.56 Å². The number of anilines is 1.